The maximum absolute atomic E-state index is 5.63. The average molecular weight is 234 g/mol. The smallest absolute Gasteiger partial charge is 0.129 e. The number of thiazole rings is 1. The summed E-state index contributed by atoms with van der Waals surface area (Å²) < 4.78 is 0. The zero-order chi connectivity index (χ0) is 11.4. The summed E-state index contributed by atoms with van der Waals surface area (Å²) in [4.78, 5) is 8.46. The third kappa shape index (κ3) is 2.70. The molecule has 0 amide bonds. The first-order chi connectivity index (χ1) is 7.75. The van der Waals surface area contributed by atoms with Gasteiger partial charge in [-0.25, -0.2) is 9.97 Å². The van der Waals surface area contributed by atoms with E-state index in [9.17, 15) is 0 Å². The molecule has 3 N–H and O–H groups in total. The number of aromatic nitrogens is 2. The quantitative estimate of drug-likeness (QED) is 0.850. The van der Waals surface area contributed by atoms with Crippen molar-refractivity contribution in [2.24, 2.45) is 0 Å². The molecule has 0 aliphatic heterocycles. The van der Waals surface area contributed by atoms with E-state index in [-0.39, 0.29) is 0 Å². The van der Waals surface area contributed by atoms with Gasteiger partial charge in [-0.3, -0.25) is 0 Å². The van der Waals surface area contributed by atoms with E-state index in [0.717, 1.165) is 30.0 Å². The molecule has 0 aliphatic carbocycles. The molecule has 0 fully saturated rings. The molecule has 2 heterocycles. The molecule has 0 unspecified atom stereocenters. The molecule has 0 aliphatic rings. The minimum absolute atomic E-state index is 0.697. The van der Waals surface area contributed by atoms with Gasteiger partial charge in [0.15, 0.2) is 0 Å². The second-order valence-corrected chi connectivity index (χ2v) is 4.31. The van der Waals surface area contributed by atoms with Gasteiger partial charge in [0.25, 0.3) is 0 Å². The Morgan fingerprint density at radius 2 is 2.31 bits per heavy atom. The third-order valence-electron chi connectivity index (χ3n) is 2.26. The maximum Gasteiger partial charge on any atom is 0.129 e. The summed E-state index contributed by atoms with van der Waals surface area (Å²) in [6.45, 7) is 2.83. The Bertz CT molecular complexity index is 453. The highest BCUT2D eigenvalue weighted by molar-refractivity contribution is 7.07. The molecule has 16 heavy (non-hydrogen) atoms. The third-order valence-corrected chi connectivity index (χ3v) is 2.89. The topological polar surface area (TPSA) is 63.8 Å². The van der Waals surface area contributed by atoms with Crippen molar-refractivity contribution in [3.05, 3.63) is 34.4 Å². The highest BCUT2D eigenvalue weighted by atomic mass is 32.1. The lowest BCUT2D eigenvalue weighted by molar-refractivity contribution is 0.965. The van der Waals surface area contributed by atoms with Gasteiger partial charge in [-0.05, 0) is 18.6 Å². The van der Waals surface area contributed by atoms with Crippen LogP contribution in [0.25, 0.3) is 0 Å². The van der Waals surface area contributed by atoms with E-state index in [1.165, 1.54) is 0 Å². The Morgan fingerprint density at radius 1 is 1.44 bits per heavy atom. The van der Waals surface area contributed by atoms with Crippen molar-refractivity contribution in [3.63, 3.8) is 0 Å². The van der Waals surface area contributed by atoms with Crippen molar-refractivity contribution >= 4 is 22.8 Å². The molecular formula is C11H14N4S. The van der Waals surface area contributed by atoms with E-state index in [0.29, 0.717) is 5.69 Å². The van der Waals surface area contributed by atoms with Crippen LogP contribution in [0.4, 0.5) is 11.5 Å². The van der Waals surface area contributed by atoms with Crippen molar-refractivity contribution in [1.29, 1.82) is 0 Å². The monoisotopic (exact) mass is 234 g/mol. The molecule has 0 aromatic carbocycles. The predicted octanol–water partition coefficient (Wildman–Crippen LogP) is 2.08. The Labute approximate surface area is 98.6 Å². The fourth-order valence-electron chi connectivity index (χ4n) is 1.45. The first-order valence-electron chi connectivity index (χ1n) is 5.09. The summed E-state index contributed by atoms with van der Waals surface area (Å²) >= 11 is 1.62. The van der Waals surface area contributed by atoms with Crippen LogP contribution in [0.1, 0.15) is 11.3 Å². The SMILES string of the molecule is Cc1cc(N)cnc1NCCc1cscn1. The first-order valence-corrected chi connectivity index (χ1v) is 6.03. The second-order valence-electron chi connectivity index (χ2n) is 3.59. The van der Waals surface area contributed by atoms with E-state index in [1.807, 2.05) is 18.5 Å². The Kier molecular flexibility index (Phi) is 3.36. The molecule has 84 valence electrons. The van der Waals surface area contributed by atoms with Gasteiger partial charge in [0.1, 0.15) is 5.82 Å². The van der Waals surface area contributed by atoms with Crippen LogP contribution in [0.5, 0.6) is 0 Å². The number of hydrogen-bond acceptors (Lipinski definition) is 5. The molecule has 2 aromatic heterocycles. The van der Waals surface area contributed by atoms with Crippen molar-refractivity contribution in [3.8, 4) is 0 Å². The van der Waals surface area contributed by atoms with Crippen molar-refractivity contribution in [1.82, 2.24) is 9.97 Å². The number of nitrogens with two attached hydrogens (primary N) is 1. The van der Waals surface area contributed by atoms with Crippen LogP contribution < -0.4 is 11.1 Å². The molecule has 0 saturated carbocycles. The summed E-state index contributed by atoms with van der Waals surface area (Å²) in [5.74, 6) is 0.893. The molecule has 0 bridgehead atoms. The summed E-state index contributed by atoms with van der Waals surface area (Å²) in [6, 6.07) is 1.91. The minimum Gasteiger partial charge on any atom is -0.397 e. The number of anilines is 2. The zero-order valence-electron chi connectivity index (χ0n) is 9.10. The summed E-state index contributed by atoms with van der Waals surface area (Å²) in [7, 11) is 0. The van der Waals surface area contributed by atoms with Gasteiger partial charge in [0, 0.05) is 18.3 Å². The lowest BCUT2D eigenvalue weighted by Gasteiger charge is -2.07. The largest absolute Gasteiger partial charge is 0.397 e. The van der Waals surface area contributed by atoms with Gasteiger partial charge in [-0.2, -0.15) is 0 Å². The van der Waals surface area contributed by atoms with E-state index < -0.39 is 0 Å². The van der Waals surface area contributed by atoms with Crippen LogP contribution in [0.15, 0.2) is 23.2 Å². The number of nitrogens with one attached hydrogen (secondary N) is 1. The molecule has 0 spiro atoms. The zero-order valence-corrected chi connectivity index (χ0v) is 9.92. The van der Waals surface area contributed by atoms with Crippen molar-refractivity contribution in [2.45, 2.75) is 13.3 Å². The standard InChI is InChI=1S/C11H14N4S/c1-8-4-9(12)5-14-11(8)13-3-2-10-6-16-7-15-10/h4-7H,2-3,12H2,1H3,(H,13,14). The van der Waals surface area contributed by atoms with E-state index >= 15 is 0 Å². The van der Waals surface area contributed by atoms with Crippen LogP contribution in [0.2, 0.25) is 0 Å². The number of rotatable bonds is 4. The van der Waals surface area contributed by atoms with E-state index in [2.05, 4.69) is 20.7 Å². The summed E-state index contributed by atoms with van der Waals surface area (Å²) in [5, 5.41) is 5.34. The fraction of sp³-hybridized carbons (Fsp3) is 0.273. The number of hydrogen-bond donors (Lipinski definition) is 2. The number of pyridine rings is 1. The van der Waals surface area contributed by atoms with Crippen LogP contribution in [0.3, 0.4) is 0 Å². The minimum atomic E-state index is 0.697. The summed E-state index contributed by atoms with van der Waals surface area (Å²) in [6.07, 6.45) is 2.58. The number of nitrogens with zero attached hydrogens (tertiary/aromatic N) is 2. The summed E-state index contributed by atoms with van der Waals surface area (Å²) in [5.41, 5.74) is 10.4. The van der Waals surface area contributed by atoms with Gasteiger partial charge in [0.2, 0.25) is 0 Å². The Hall–Kier alpha value is -1.62. The van der Waals surface area contributed by atoms with Crippen molar-refractivity contribution < 1.29 is 0 Å². The molecule has 2 rings (SSSR count). The second kappa shape index (κ2) is 4.94. The fourth-order valence-corrected chi connectivity index (χ4v) is 2.04. The highest BCUT2D eigenvalue weighted by Gasteiger charge is 2.00. The van der Waals surface area contributed by atoms with Crippen LogP contribution >= 0.6 is 11.3 Å². The van der Waals surface area contributed by atoms with Crippen molar-refractivity contribution in [2.75, 3.05) is 17.6 Å². The van der Waals surface area contributed by atoms with Gasteiger partial charge >= 0.3 is 0 Å². The molecule has 0 atom stereocenters. The maximum atomic E-state index is 5.63. The lowest BCUT2D eigenvalue weighted by Crippen LogP contribution is -2.08. The predicted molar refractivity (Wildman–Crippen MR) is 67.7 cm³/mol. The van der Waals surface area contributed by atoms with E-state index in [1.54, 1.807) is 17.5 Å². The highest BCUT2D eigenvalue weighted by Crippen LogP contribution is 2.13. The normalized spacial score (nSPS) is 10.3. The van der Waals surface area contributed by atoms with Gasteiger partial charge in [0.05, 0.1) is 23.1 Å². The first kappa shape index (κ1) is 10.9. The molecule has 0 radical (unpaired) electrons. The lowest BCUT2D eigenvalue weighted by atomic mass is 10.2. The number of aryl methyl sites for hydroxylation is 1. The molecule has 4 nitrogen and oxygen atoms in total. The molecular weight excluding hydrogens is 220 g/mol. The van der Waals surface area contributed by atoms with Crippen LogP contribution in [-0.4, -0.2) is 16.5 Å². The van der Waals surface area contributed by atoms with E-state index in [4.69, 9.17) is 5.73 Å². The molecule has 0 saturated heterocycles. The van der Waals surface area contributed by atoms with Crippen LogP contribution in [-0.2, 0) is 6.42 Å². The Morgan fingerprint density at radius 3 is 3.00 bits per heavy atom. The van der Waals surface area contributed by atoms with Gasteiger partial charge < -0.3 is 11.1 Å². The molecule has 5 heteroatoms. The Balaban J connectivity index is 1.90. The van der Waals surface area contributed by atoms with Gasteiger partial charge in [-0.15, -0.1) is 11.3 Å². The number of nitrogen functional groups attached to an aromatic ring is 1. The van der Waals surface area contributed by atoms with Crippen LogP contribution in [0, 0.1) is 6.92 Å². The van der Waals surface area contributed by atoms with Gasteiger partial charge in [-0.1, -0.05) is 0 Å². The molecule has 2 aromatic rings. The average Bonchev–Trinajstić information content (AvgIpc) is 2.74.